The van der Waals surface area contributed by atoms with Crippen LogP contribution in [-0.4, -0.2) is 40.8 Å². The Morgan fingerprint density at radius 1 is 1.03 bits per heavy atom. The van der Waals surface area contributed by atoms with Crippen LogP contribution in [-0.2, 0) is 15.4 Å². The summed E-state index contributed by atoms with van der Waals surface area (Å²) in [6.07, 6.45) is 3.42. The zero-order chi connectivity index (χ0) is 23.9. The first kappa shape index (κ1) is 21.3. The van der Waals surface area contributed by atoms with Crippen LogP contribution < -0.4 is 0 Å². The first-order chi connectivity index (χ1) is 16.9. The van der Waals surface area contributed by atoms with Gasteiger partial charge in [0.25, 0.3) is 0 Å². The zero-order valence-electron chi connectivity index (χ0n) is 19.4. The van der Waals surface area contributed by atoms with E-state index in [0.717, 1.165) is 35.0 Å². The highest BCUT2D eigenvalue weighted by atomic mass is 32.2. The van der Waals surface area contributed by atoms with Gasteiger partial charge in [-0.2, -0.15) is 5.10 Å². The van der Waals surface area contributed by atoms with Crippen LogP contribution in [0.25, 0.3) is 16.6 Å². The van der Waals surface area contributed by atoms with E-state index in [2.05, 4.69) is 48.4 Å². The maximum Gasteiger partial charge on any atom is 0.217 e. The van der Waals surface area contributed by atoms with E-state index in [4.69, 9.17) is 0 Å². The minimum Gasteiger partial charge on any atom is -0.233 e. The molecule has 0 N–H and O–H groups in total. The van der Waals surface area contributed by atoms with Crippen LogP contribution in [0.2, 0.25) is 0 Å². The average Bonchev–Trinajstić information content (AvgIpc) is 3.74. The van der Waals surface area contributed by atoms with E-state index in [1.165, 1.54) is 23.3 Å². The van der Waals surface area contributed by atoms with Crippen molar-refractivity contribution < 1.29 is 12.8 Å². The molecule has 1 aromatic heterocycles. The SMILES string of the molecule is Cc1cc2c(cnn2-c2ccc(F)cc2)cc1C12CN(S(=O)(=O)C3CC3)CC1C2c1ccccc1. The lowest BCUT2D eigenvalue weighted by molar-refractivity contribution is 0.420. The molecular formula is C28H26FN3O2S. The molecule has 2 heterocycles. The molecule has 0 spiro atoms. The largest absolute Gasteiger partial charge is 0.233 e. The molecule has 3 atom stereocenters. The molecule has 3 unspecified atom stereocenters. The smallest absolute Gasteiger partial charge is 0.217 e. The number of aryl methyl sites for hydroxylation is 1. The molecule has 3 fully saturated rings. The van der Waals surface area contributed by atoms with Gasteiger partial charge < -0.3 is 0 Å². The van der Waals surface area contributed by atoms with Crippen molar-refractivity contribution in [2.75, 3.05) is 13.1 Å². The topological polar surface area (TPSA) is 55.2 Å². The molecule has 1 aliphatic heterocycles. The highest BCUT2D eigenvalue weighted by molar-refractivity contribution is 7.90. The number of fused-ring (bicyclic) bond motifs is 2. The summed E-state index contributed by atoms with van der Waals surface area (Å²) in [7, 11) is -3.22. The number of hydrogen-bond donors (Lipinski definition) is 0. The number of rotatable bonds is 5. The van der Waals surface area contributed by atoms with E-state index in [-0.39, 0.29) is 22.4 Å². The van der Waals surface area contributed by atoms with Crippen molar-refractivity contribution >= 4 is 20.9 Å². The Balaban J connectivity index is 1.34. The zero-order valence-corrected chi connectivity index (χ0v) is 20.2. The van der Waals surface area contributed by atoms with Gasteiger partial charge in [0.1, 0.15) is 5.82 Å². The van der Waals surface area contributed by atoms with Crippen LogP contribution in [0.3, 0.4) is 0 Å². The number of sulfonamides is 1. The van der Waals surface area contributed by atoms with Crippen LogP contribution in [0.15, 0.2) is 72.9 Å². The molecule has 4 aromatic rings. The van der Waals surface area contributed by atoms with Crippen LogP contribution in [0, 0.1) is 18.7 Å². The van der Waals surface area contributed by atoms with Gasteiger partial charge >= 0.3 is 0 Å². The van der Waals surface area contributed by atoms with E-state index in [0.29, 0.717) is 19.0 Å². The summed E-state index contributed by atoms with van der Waals surface area (Å²) >= 11 is 0. The van der Waals surface area contributed by atoms with Gasteiger partial charge in [0.2, 0.25) is 10.0 Å². The lowest BCUT2D eigenvalue weighted by atomic mass is 9.87. The third-order valence-corrected chi connectivity index (χ3v) is 10.6. The standard InChI is InChI=1S/C28H26FN3O2S/c1-18-13-26-20(15-30-32(26)22-9-7-21(29)8-10-22)14-24(18)28-17-31(35(33,34)23-11-12-23)16-25(28)27(28)19-5-3-2-4-6-19/h2-10,13-15,23,25,27H,11-12,16-17H2,1H3. The third-order valence-electron chi connectivity index (χ3n) is 8.30. The summed E-state index contributed by atoms with van der Waals surface area (Å²) in [5.41, 5.74) is 5.18. The fraction of sp³-hybridized carbons (Fsp3) is 0.321. The summed E-state index contributed by atoms with van der Waals surface area (Å²) in [5.74, 6) is 0.292. The van der Waals surface area contributed by atoms with Crippen LogP contribution in [0.4, 0.5) is 4.39 Å². The van der Waals surface area contributed by atoms with Crippen molar-refractivity contribution in [2.24, 2.45) is 5.92 Å². The Morgan fingerprint density at radius 2 is 1.77 bits per heavy atom. The summed E-state index contributed by atoms with van der Waals surface area (Å²) in [4.78, 5) is 0. The molecule has 2 saturated carbocycles. The maximum absolute atomic E-state index is 13.4. The molecule has 7 rings (SSSR count). The fourth-order valence-corrected chi connectivity index (χ4v) is 8.37. The second-order valence-electron chi connectivity index (χ2n) is 10.3. The van der Waals surface area contributed by atoms with Gasteiger partial charge in [0.15, 0.2) is 0 Å². The predicted octanol–water partition coefficient (Wildman–Crippen LogP) is 4.93. The highest BCUT2D eigenvalue weighted by Gasteiger charge is 2.72. The Bertz CT molecular complexity index is 1560. The van der Waals surface area contributed by atoms with E-state index < -0.39 is 10.0 Å². The second kappa shape index (κ2) is 7.24. The number of halogens is 1. The molecule has 3 aromatic carbocycles. The van der Waals surface area contributed by atoms with Crippen LogP contribution >= 0.6 is 0 Å². The van der Waals surface area contributed by atoms with Crippen molar-refractivity contribution in [2.45, 2.75) is 36.3 Å². The number of benzene rings is 3. The molecule has 3 aliphatic rings. The van der Waals surface area contributed by atoms with Gasteiger partial charge in [-0.1, -0.05) is 30.3 Å². The van der Waals surface area contributed by atoms with Gasteiger partial charge in [-0.3, -0.25) is 0 Å². The Morgan fingerprint density at radius 3 is 2.49 bits per heavy atom. The lowest BCUT2D eigenvalue weighted by Gasteiger charge is -2.25. The molecule has 178 valence electrons. The normalized spacial score (nSPS) is 26.2. The van der Waals surface area contributed by atoms with Gasteiger partial charge in [-0.25, -0.2) is 21.8 Å². The maximum atomic E-state index is 13.4. The van der Waals surface area contributed by atoms with E-state index in [9.17, 15) is 12.8 Å². The molecule has 2 aliphatic carbocycles. The van der Waals surface area contributed by atoms with E-state index in [1.807, 2.05) is 16.9 Å². The number of nitrogens with zero attached hydrogens (tertiary/aromatic N) is 3. The Labute approximate surface area is 204 Å². The van der Waals surface area contributed by atoms with Crippen molar-refractivity contribution in [3.8, 4) is 5.69 Å². The quantitative estimate of drug-likeness (QED) is 0.401. The van der Waals surface area contributed by atoms with Gasteiger partial charge in [0, 0.05) is 29.8 Å². The van der Waals surface area contributed by atoms with E-state index in [1.54, 1.807) is 16.4 Å². The number of hydrogen-bond acceptors (Lipinski definition) is 3. The fourth-order valence-electron chi connectivity index (χ4n) is 6.46. The lowest BCUT2D eigenvalue weighted by Crippen LogP contribution is -2.36. The summed E-state index contributed by atoms with van der Waals surface area (Å²) in [6.45, 7) is 3.24. The highest BCUT2D eigenvalue weighted by Crippen LogP contribution is 2.70. The summed E-state index contributed by atoms with van der Waals surface area (Å²) in [6, 6.07) is 21.2. The van der Waals surface area contributed by atoms with Crippen molar-refractivity contribution in [3.63, 3.8) is 0 Å². The third kappa shape index (κ3) is 3.07. The molecule has 5 nitrogen and oxygen atoms in total. The number of aromatic nitrogens is 2. The minimum absolute atomic E-state index is 0.190. The summed E-state index contributed by atoms with van der Waals surface area (Å²) < 4.78 is 43.3. The minimum atomic E-state index is -3.22. The van der Waals surface area contributed by atoms with Gasteiger partial charge in [-0.05, 0) is 78.8 Å². The second-order valence-corrected chi connectivity index (χ2v) is 12.5. The predicted molar refractivity (Wildman–Crippen MR) is 134 cm³/mol. The van der Waals surface area contributed by atoms with Crippen molar-refractivity contribution in [3.05, 3.63) is 95.4 Å². The van der Waals surface area contributed by atoms with E-state index >= 15 is 0 Å². The monoisotopic (exact) mass is 487 g/mol. The van der Waals surface area contributed by atoms with Crippen LogP contribution in [0.1, 0.15) is 35.4 Å². The first-order valence-corrected chi connectivity index (χ1v) is 13.7. The molecule has 1 saturated heterocycles. The van der Waals surface area contributed by atoms with Gasteiger partial charge in [0.05, 0.1) is 22.7 Å². The average molecular weight is 488 g/mol. The van der Waals surface area contributed by atoms with Gasteiger partial charge in [-0.15, -0.1) is 0 Å². The molecule has 35 heavy (non-hydrogen) atoms. The molecule has 0 radical (unpaired) electrons. The van der Waals surface area contributed by atoms with Crippen LogP contribution in [0.5, 0.6) is 0 Å². The molecule has 0 bridgehead atoms. The molecular weight excluding hydrogens is 461 g/mol. The number of piperidine rings is 1. The Kier molecular flexibility index (Phi) is 4.40. The Hall–Kier alpha value is -3.03. The first-order valence-electron chi connectivity index (χ1n) is 12.2. The molecule has 7 heteroatoms. The molecule has 0 amide bonds. The van der Waals surface area contributed by atoms with Crippen molar-refractivity contribution in [1.29, 1.82) is 0 Å². The van der Waals surface area contributed by atoms with Crippen molar-refractivity contribution in [1.82, 2.24) is 14.1 Å². The summed E-state index contributed by atoms with van der Waals surface area (Å²) in [5, 5.41) is 5.41.